The second-order valence-electron chi connectivity index (χ2n) is 3.74. The molecule has 0 radical (unpaired) electrons. The molecule has 1 aromatic carbocycles. The third-order valence-corrected chi connectivity index (χ3v) is 3.91. The molecule has 1 amide bonds. The largest absolute Gasteiger partial charge is 0.355 e. The van der Waals surface area contributed by atoms with Crippen LogP contribution in [0.15, 0.2) is 29.2 Å². The summed E-state index contributed by atoms with van der Waals surface area (Å²) in [5, 5.41) is 2.89. The minimum absolute atomic E-state index is 0. The molecule has 1 aromatic rings. The lowest BCUT2D eigenvalue weighted by Crippen LogP contribution is -2.35. The van der Waals surface area contributed by atoms with Crippen LogP contribution in [-0.2, 0) is 14.8 Å². The molecular weight excluding hydrogens is 325 g/mol. The first-order valence-corrected chi connectivity index (χ1v) is 7.54. The molecule has 0 saturated heterocycles. The Balaban J connectivity index is 0.00000361. The van der Waals surface area contributed by atoms with Crippen molar-refractivity contribution >= 4 is 39.9 Å². The van der Waals surface area contributed by atoms with Gasteiger partial charge in [-0.2, -0.15) is 0 Å². The number of benzene rings is 1. The number of nitrogens with two attached hydrogens (primary N) is 1. The van der Waals surface area contributed by atoms with Gasteiger partial charge in [-0.15, -0.1) is 12.4 Å². The summed E-state index contributed by atoms with van der Waals surface area (Å²) >= 11 is 5.73. The molecule has 0 heterocycles. The Labute approximate surface area is 129 Å². The van der Waals surface area contributed by atoms with Crippen LogP contribution in [0.2, 0.25) is 5.02 Å². The van der Waals surface area contributed by atoms with Crippen LogP contribution in [-0.4, -0.2) is 34.0 Å². The SMILES string of the molecule is Cl.NCCC(=O)NCCNS(=O)(=O)c1cccc(Cl)c1. The lowest BCUT2D eigenvalue weighted by molar-refractivity contribution is -0.120. The van der Waals surface area contributed by atoms with E-state index in [2.05, 4.69) is 10.0 Å². The van der Waals surface area contributed by atoms with Gasteiger partial charge < -0.3 is 11.1 Å². The Hall–Kier alpha value is -0.860. The monoisotopic (exact) mass is 341 g/mol. The predicted octanol–water partition coefficient (Wildman–Crippen LogP) is 0.505. The number of nitrogens with one attached hydrogen (secondary N) is 2. The normalized spacial score (nSPS) is 10.7. The van der Waals surface area contributed by atoms with Crippen molar-refractivity contribution in [3.05, 3.63) is 29.3 Å². The Morgan fingerprint density at radius 3 is 2.60 bits per heavy atom. The third-order valence-electron chi connectivity index (χ3n) is 2.22. The highest BCUT2D eigenvalue weighted by molar-refractivity contribution is 7.89. The Morgan fingerprint density at radius 1 is 1.30 bits per heavy atom. The van der Waals surface area contributed by atoms with E-state index in [0.717, 1.165) is 0 Å². The molecule has 0 bridgehead atoms. The van der Waals surface area contributed by atoms with Gasteiger partial charge in [0, 0.05) is 31.1 Å². The van der Waals surface area contributed by atoms with Crippen molar-refractivity contribution in [3.8, 4) is 0 Å². The number of hydrogen-bond donors (Lipinski definition) is 3. The van der Waals surface area contributed by atoms with Crippen LogP contribution >= 0.6 is 24.0 Å². The maximum Gasteiger partial charge on any atom is 0.240 e. The molecule has 0 unspecified atom stereocenters. The zero-order valence-electron chi connectivity index (χ0n) is 10.6. The maximum absolute atomic E-state index is 11.9. The Kier molecular flexibility index (Phi) is 8.75. The second kappa shape index (κ2) is 9.15. The predicted molar refractivity (Wildman–Crippen MR) is 80.6 cm³/mol. The highest BCUT2D eigenvalue weighted by atomic mass is 35.5. The van der Waals surface area contributed by atoms with Gasteiger partial charge in [0.25, 0.3) is 0 Å². The fourth-order valence-electron chi connectivity index (χ4n) is 1.32. The summed E-state index contributed by atoms with van der Waals surface area (Å²) < 4.78 is 26.1. The Bertz CT molecular complexity index is 537. The van der Waals surface area contributed by atoms with Crippen molar-refractivity contribution in [2.75, 3.05) is 19.6 Å². The van der Waals surface area contributed by atoms with Crippen molar-refractivity contribution in [3.63, 3.8) is 0 Å². The highest BCUT2D eigenvalue weighted by Crippen LogP contribution is 2.14. The molecule has 20 heavy (non-hydrogen) atoms. The van der Waals surface area contributed by atoms with Crippen LogP contribution in [0, 0.1) is 0 Å². The molecule has 4 N–H and O–H groups in total. The number of halogens is 2. The fourth-order valence-corrected chi connectivity index (χ4v) is 2.66. The van der Waals surface area contributed by atoms with Gasteiger partial charge in [-0.3, -0.25) is 4.79 Å². The minimum Gasteiger partial charge on any atom is -0.355 e. The zero-order chi connectivity index (χ0) is 14.3. The molecule has 0 aromatic heterocycles. The molecule has 9 heteroatoms. The summed E-state index contributed by atoms with van der Waals surface area (Å²) in [5.41, 5.74) is 5.21. The van der Waals surface area contributed by atoms with E-state index in [4.69, 9.17) is 17.3 Å². The van der Waals surface area contributed by atoms with Crippen molar-refractivity contribution in [1.82, 2.24) is 10.0 Å². The van der Waals surface area contributed by atoms with E-state index in [1.165, 1.54) is 12.1 Å². The first-order valence-electron chi connectivity index (χ1n) is 5.67. The summed E-state index contributed by atoms with van der Waals surface area (Å²) in [6.45, 7) is 0.573. The van der Waals surface area contributed by atoms with Gasteiger partial charge in [-0.05, 0) is 18.2 Å². The van der Waals surface area contributed by atoms with Crippen LogP contribution in [0.5, 0.6) is 0 Å². The van der Waals surface area contributed by atoms with E-state index >= 15 is 0 Å². The van der Waals surface area contributed by atoms with Gasteiger partial charge in [0.15, 0.2) is 0 Å². The van der Waals surface area contributed by atoms with E-state index < -0.39 is 10.0 Å². The van der Waals surface area contributed by atoms with Gasteiger partial charge in [0.1, 0.15) is 0 Å². The van der Waals surface area contributed by atoms with Crippen molar-refractivity contribution < 1.29 is 13.2 Å². The molecule has 0 spiro atoms. The first kappa shape index (κ1) is 19.1. The van der Waals surface area contributed by atoms with Crippen molar-refractivity contribution in [1.29, 1.82) is 0 Å². The van der Waals surface area contributed by atoms with Gasteiger partial charge >= 0.3 is 0 Å². The van der Waals surface area contributed by atoms with Gasteiger partial charge in [0.05, 0.1) is 4.90 Å². The van der Waals surface area contributed by atoms with Crippen LogP contribution in [0.4, 0.5) is 0 Å². The average molecular weight is 342 g/mol. The molecule has 0 fully saturated rings. The fraction of sp³-hybridized carbons (Fsp3) is 0.364. The molecule has 0 saturated carbocycles. The quantitative estimate of drug-likeness (QED) is 0.628. The summed E-state index contributed by atoms with van der Waals surface area (Å²) in [6.07, 6.45) is 0.223. The van der Waals surface area contributed by atoms with E-state index in [-0.39, 0.29) is 49.3 Å². The van der Waals surface area contributed by atoms with E-state index in [1.807, 2.05) is 0 Å². The number of carbonyl (C=O) groups is 1. The lowest BCUT2D eigenvalue weighted by atomic mass is 10.4. The maximum atomic E-state index is 11.9. The Morgan fingerprint density at radius 2 is 2.00 bits per heavy atom. The molecule has 114 valence electrons. The molecule has 0 atom stereocenters. The van der Waals surface area contributed by atoms with Gasteiger partial charge in [-0.1, -0.05) is 17.7 Å². The van der Waals surface area contributed by atoms with Crippen molar-refractivity contribution in [2.45, 2.75) is 11.3 Å². The highest BCUT2D eigenvalue weighted by Gasteiger charge is 2.13. The summed E-state index contributed by atoms with van der Waals surface area (Å²) in [5.74, 6) is -0.204. The van der Waals surface area contributed by atoms with Crippen LogP contribution in [0.1, 0.15) is 6.42 Å². The summed E-state index contributed by atoms with van der Waals surface area (Å²) in [4.78, 5) is 11.2. The smallest absolute Gasteiger partial charge is 0.240 e. The second-order valence-corrected chi connectivity index (χ2v) is 5.95. The van der Waals surface area contributed by atoms with Gasteiger partial charge in [0.2, 0.25) is 15.9 Å². The van der Waals surface area contributed by atoms with Crippen LogP contribution < -0.4 is 15.8 Å². The van der Waals surface area contributed by atoms with Crippen LogP contribution in [0.25, 0.3) is 0 Å². The number of amides is 1. The third kappa shape index (κ3) is 6.53. The number of sulfonamides is 1. The zero-order valence-corrected chi connectivity index (χ0v) is 13.0. The van der Waals surface area contributed by atoms with Crippen LogP contribution in [0.3, 0.4) is 0 Å². The number of rotatable bonds is 7. The van der Waals surface area contributed by atoms with Crippen molar-refractivity contribution in [2.24, 2.45) is 5.73 Å². The van der Waals surface area contributed by atoms with E-state index in [1.54, 1.807) is 12.1 Å². The number of carbonyl (C=O) groups excluding carboxylic acids is 1. The summed E-state index contributed by atoms with van der Waals surface area (Å²) in [6, 6.07) is 5.95. The topological polar surface area (TPSA) is 101 Å². The first-order chi connectivity index (χ1) is 8.95. The van der Waals surface area contributed by atoms with E-state index in [9.17, 15) is 13.2 Å². The number of hydrogen-bond acceptors (Lipinski definition) is 4. The molecule has 1 rings (SSSR count). The van der Waals surface area contributed by atoms with E-state index in [0.29, 0.717) is 5.02 Å². The molecule has 0 aliphatic heterocycles. The molecule has 0 aliphatic carbocycles. The molecule has 0 aliphatic rings. The average Bonchev–Trinajstić information content (AvgIpc) is 2.35. The lowest BCUT2D eigenvalue weighted by Gasteiger charge is -2.08. The summed E-state index contributed by atoms with van der Waals surface area (Å²) in [7, 11) is -3.60. The molecular formula is C11H17Cl2N3O3S. The standard InChI is InChI=1S/C11H16ClN3O3S.ClH/c12-9-2-1-3-10(8-9)19(17,18)15-7-6-14-11(16)4-5-13;/h1-3,8,15H,4-7,13H2,(H,14,16);1H. The van der Waals surface area contributed by atoms with Gasteiger partial charge in [-0.25, -0.2) is 13.1 Å². The molecule has 6 nitrogen and oxygen atoms in total. The minimum atomic E-state index is -3.60.